The number of hydrogen-bond acceptors (Lipinski definition) is 1. The lowest BCUT2D eigenvalue weighted by atomic mass is 9.45. The average molecular weight is 377 g/mol. The molecule has 0 bridgehead atoms. The molecule has 0 aromatic carbocycles. The summed E-state index contributed by atoms with van der Waals surface area (Å²) >= 11 is 0. The largest absolute Gasteiger partial charge is 0.414 e. The Morgan fingerprint density at radius 1 is 0.923 bits per heavy atom. The van der Waals surface area contributed by atoms with Crippen LogP contribution >= 0.6 is 0 Å². The monoisotopic (exact) mass is 376 g/mol. The van der Waals surface area contributed by atoms with Crippen molar-refractivity contribution in [1.82, 2.24) is 0 Å². The highest BCUT2D eigenvalue weighted by atomic mass is 28.4. The van der Waals surface area contributed by atoms with E-state index in [1.165, 1.54) is 70.3 Å². The van der Waals surface area contributed by atoms with Crippen molar-refractivity contribution in [2.45, 2.75) is 117 Å². The van der Waals surface area contributed by atoms with Crippen LogP contribution in [-0.2, 0) is 4.43 Å². The molecule has 26 heavy (non-hydrogen) atoms. The lowest BCUT2D eigenvalue weighted by molar-refractivity contribution is -0.118. The molecule has 0 aliphatic heterocycles. The highest BCUT2D eigenvalue weighted by Crippen LogP contribution is 2.66. The summed E-state index contributed by atoms with van der Waals surface area (Å²) in [6, 6.07) is 1.33. The summed E-state index contributed by atoms with van der Waals surface area (Å²) in [5.74, 6) is 4.09. The molecule has 0 N–H and O–H groups in total. The molecule has 7 unspecified atom stereocenters. The fraction of sp³-hybridized carbons (Fsp3) is 1.00. The molecule has 2 heteroatoms. The van der Waals surface area contributed by atoms with Crippen LogP contribution in [0.3, 0.4) is 0 Å². The van der Waals surface area contributed by atoms with Crippen LogP contribution in [0.15, 0.2) is 0 Å². The highest BCUT2D eigenvalue weighted by molar-refractivity contribution is 6.71. The summed E-state index contributed by atoms with van der Waals surface area (Å²) < 4.78 is 6.77. The van der Waals surface area contributed by atoms with E-state index in [0.717, 1.165) is 23.7 Å². The second-order valence-corrected chi connectivity index (χ2v) is 16.0. The van der Waals surface area contributed by atoms with Gasteiger partial charge in [0.05, 0.1) is 0 Å². The topological polar surface area (TPSA) is 9.23 Å². The number of rotatable bonds is 4. The van der Waals surface area contributed by atoms with E-state index >= 15 is 0 Å². The third-order valence-corrected chi connectivity index (χ3v) is 12.4. The van der Waals surface area contributed by atoms with E-state index in [9.17, 15) is 0 Å². The molecule has 0 aromatic heterocycles. The zero-order valence-corrected chi connectivity index (χ0v) is 19.3. The van der Waals surface area contributed by atoms with Crippen molar-refractivity contribution in [2.75, 3.05) is 0 Å². The van der Waals surface area contributed by atoms with Gasteiger partial charge in [-0.05, 0) is 111 Å². The Labute approximate surface area is 164 Å². The molecular weight excluding hydrogens is 332 g/mol. The minimum Gasteiger partial charge on any atom is -0.414 e. The lowest BCUT2D eigenvalue weighted by Gasteiger charge is -2.61. The molecule has 0 radical (unpaired) electrons. The fourth-order valence-electron chi connectivity index (χ4n) is 8.43. The third kappa shape index (κ3) is 3.25. The van der Waals surface area contributed by atoms with Crippen LogP contribution in [0.4, 0.5) is 0 Å². The molecule has 4 aliphatic carbocycles. The summed E-state index contributed by atoms with van der Waals surface area (Å²) in [4.78, 5) is 0. The van der Waals surface area contributed by atoms with Crippen molar-refractivity contribution in [3.05, 3.63) is 0 Å². The second-order valence-electron chi connectivity index (χ2n) is 11.8. The van der Waals surface area contributed by atoms with Crippen molar-refractivity contribution in [3.8, 4) is 0 Å². The van der Waals surface area contributed by atoms with Crippen molar-refractivity contribution >= 4 is 8.32 Å². The lowest BCUT2D eigenvalue weighted by Crippen LogP contribution is -2.54. The quantitative estimate of drug-likeness (QED) is 0.464. The van der Waals surface area contributed by atoms with Crippen molar-refractivity contribution in [2.24, 2.45) is 34.5 Å². The molecule has 150 valence electrons. The predicted octanol–water partition coefficient (Wildman–Crippen LogP) is 7.42. The molecule has 0 aromatic rings. The van der Waals surface area contributed by atoms with Crippen molar-refractivity contribution in [1.29, 1.82) is 0 Å². The zero-order chi connectivity index (χ0) is 18.6. The molecule has 7 atom stereocenters. The first-order chi connectivity index (χ1) is 12.3. The van der Waals surface area contributed by atoms with Gasteiger partial charge in [-0.2, -0.15) is 0 Å². The Kier molecular flexibility index (Phi) is 5.17. The van der Waals surface area contributed by atoms with Gasteiger partial charge in [-0.3, -0.25) is 0 Å². The predicted molar refractivity (Wildman–Crippen MR) is 114 cm³/mol. The summed E-state index contributed by atoms with van der Waals surface area (Å²) in [5, 5.41) is 0. The zero-order valence-electron chi connectivity index (χ0n) is 18.3. The molecule has 0 saturated heterocycles. The van der Waals surface area contributed by atoms with Crippen molar-refractivity contribution < 1.29 is 4.43 Å². The van der Waals surface area contributed by atoms with Gasteiger partial charge in [0, 0.05) is 6.10 Å². The second kappa shape index (κ2) is 6.90. The first-order valence-electron chi connectivity index (χ1n) is 12.0. The molecule has 1 nitrogen and oxygen atoms in total. The molecule has 0 heterocycles. The molecule has 4 fully saturated rings. The van der Waals surface area contributed by atoms with E-state index in [0.29, 0.717) is 16.9 Å². The highest BCUT2D eigenvalue weighted by Gasteiger charge is 2.58. The maximum absolute atomic E-state index is 6.77. The first-order valence-corrected chi connectivity index (χ1v) is 15.1. The Morgan fingerprint density at radius 2 is 1.73 bits per heavy atom. The Hall–Kier alpha value is 0.177. The van der Waals surface area contributed by atoms with Gasteiger partial charge >= 0.3 is 0 Å². The minimum atomic E-state index is -1.43. The Bertz CT molecular complexity index is 516. The molecule has 0 spiro atoms. The van der Waals surface area contributed by atoms with Crippen LogP contribution in [0.2, 0.25) is 19.1 Å². The normalized spacial score (nSPS) is 48.6. The van der Waals surface area contributed by atoms with Crippen LogP contribution < -0.4 is 0 Å². The van der Waals surface area contributed by atoms with Gasteiger partial charge in [0.2, 0.25) is 0 Å². The van der Waals surface area contributed by atoms with E-state index in [1.807, 2.05) is 0 Å². The first kappa shape index (κ1) is 19.5. The van der Waals surface area contributed by atoms with E-state index in [-0.39, 0.29) is 0 Å². The standard InChI is InChI=1S/C24H44OSi/c1-6-16-26(4,5)25-19-11-15-24(3)18(17-19)9-10-20-21-8-7-13-23(21,2)14-12-22(20)24/h18-22H,6-17H2,1-5H3. The van der Waals surface area contributed by atoms with Gasteiger partial charge < -0.3 is 4.43 Å². The molecule has 0 amide bonds. The van der Waals surface area contributed by atoms with Crippen LogP contribution in [0, 0.1) is 34.5 Å². The maximum atomic E-state index is 6.77. The average Bonchev–Trinajstić information content (AvgIpc) is 2.96. The number of fused-ring (bicyclic) bond motifs is 5. The van der Waals surface area contributed by atoms with Gasteiger partial charge in [-0.15, -0.1) is 0 Å². The fourth-order valence-corrected chi connectivity index (χ4v) is 10.9. The summed E-state index contributed by atoms with van der Waals surface area (Å²) in [5.41, 5.74) is 1.34. The van der Waals surface area contributed by atoms with Gasteiger partial charge in [0.1, 0.15) is 0 Å². The Balaban J connectivity index is 1.46. The summed E-state index contributed by atoms with van der Waals surface area (Å²) in [6.45, 7) is 12.6. The van der Waals surface area contributed by atoms with Crippen LogP contribution in [0.1, 0.15) is 91.4 Å². The summed E-state index contributed by atoms with van der Waals surface area (Å²) in [6.07, 6.45) is 16.7. The SMILES string of the molecule is CCC[Si](C)(C)OC1CCC2(C)C(CCC3C4CCCC4(C)CCC32)C1. The van der Waals surface area contributed by atoms with Gasteiger partial charge in [-0.25, -0.2) is 0 Å². The Morgan fingerprint density at radius 3 is 2.50 bits per heavy atom. The number of hydrogen-bond donors (Lipinski definition) is 0. The molecule has 4 aliphatic rings. The molecular formula is C24H44OSi. The molecule has 4 saturated carbocycles. The third-order valence-electron chi connectivity index (χ3n) is 9.74. The van der Waals surface area contributed by atoms with E-state index < -0.39 is 8.32 Å². The van der Waals surface area contributed by atoms with Crippen molar-refractivity contribution in [3.63, 3.8) is 0 Å². The van der Waals surface area contributed by atoms with E-state index in [4.69, 9.17) is 4.43 Å². The van der Waals surface area contributed by atoms with Gasteiger partial charge in [0.25, 0.3) is 0 Å². The van der Waals surface area contributed by atoms with Gasteiger partial charge in [0.15, 0.2) is 8.32 Å². The smallest absolute Gasteiger partial charge is 0.187 e. The van der Waals surface area contributed by atoms with Gasteiger partial charge in [-0.1, -0.05) is 33.6 Å². The van der Waals surface area contributed by atoms with E-state index in [2.05, 4.69) is 33.9 Å². The van der Waals surface area contributed by atoms with E-state index in [1.54, 1.807) is 6.42 Å². The van der Waals surface area contributed by atoms with Crippen LogP contribution in [0.25, 0.3) is 0 Å². The minimum absolute atomic E-state index is 0.582. The summed E-state index contributed by atoms with van der Waals surface area (Å²) in [7, 11) is -1.43. The maximum Gasteiger partial charge on any atom is 0.187 e. The van der Waals surface area contributed by atoms with Crippen LogP contribution in [0.5, 0.6) is 0 Å². The molecule has 4 rings (SSSR count). The van der Waals surface area contributed by atoms with Crippen LogP contribution in [-0.4, -0.2) is 14.4 Å².